The average Bonchev–Trinajstić information content (AvgIpc) is 3.09. The fraction of sp³-hybridized carbons (Fsp3) is 0.450. The molecule has 7 nitrogen and oxygen atoms in total. The summed E-state index contributed by atoms with van der Waals surface area (Å²) in [6.07, 6.45) is 3.98. The van der Waals surface area contributed by atoms with Crippen LogP contribution in [0.1, 0.15) is 43.5 Å². The number of aromatic nitrogens is 2. The molecule has 0 spiro atoms. The van der Waals surface area contributed by atoms with Gasteiger partial charge in [0.2, 0.25) is 5.91 Å². The topological polar surface area (TPSA) is 76.5 Å². The molecule has 7 heteroatoms. The molecule has 0 aliphatic carbocycles. The molecule has 1 aromatic heterocycles. The minimum atomic E-state index is -0.505. The number of anilines is 1. The molecule has 146 valence electrons. The second-order valence-corrected chi connectivity index (χ2v) is 6.33. The van der Waals surface area contributed by atoms with Crippen molar-refractivity contribution in [2.24, 2.45) is 0 Å². The minimum absolute atomic E-state index is 0.165. The van der Waals surface area contributed by atoms with Crippen LogP contribution in [0.15, 0.2) is 36.5 Å². The second-order valence-electron chi connectivity index (χ2n) is 6.33. The molecule has 0 aliphatic heterocycles. The van der Waals surface area contributed by atoms with Crippen LogP contribution in [-0.4, -0.2) is 53.3 Å². The van der Waals surface area contributed by atoms with E-state index in [9.17, 15) is 9.59 Å². The van der Waals surface area contributed by atoms with Crippen LogP contribution in [0.2, 0.25) is 0 Å². The van der Waals surface area contributed by atoms with Gasteiger partial charge in [0.05, 0.1) is 18.5 Å². The number of nitrogens with one attached hydrogen (secondary N) is 1. The van der Waals surface area contributed by atoms with Gasteiger partial charge in [-0.2, -0.15) is 5.10 Å². The number of esters is 1. The molecule has 1 heterocycles. The SMILES string of the molecule is CCCCN(C)CCC(=O)Nc1c(C(=O)OCC)cnn1-c1ccccc1. The van der Waals surface area contributed by atoms with Crippen molar-refractivity contribution in [2.45, 2.75) is 33.1 Å². The lowest BCUT2D eigenvalue weighted by Gasteiger charge is -2.16. The Morgan fingerprint density at radius 1 is 1.19 bits per heavy atom. The Hall–Kier alpha value is -2.67. The van der Waals surface area contributed by atoms with E-state index in [2.05, 4.69) is 22.2 Å². The summed E-state index contributed by atoms with van der Waals surface area (Å²) in [5.41, 5.74) is 0.997. The molecule has 1 N–H and O–H groups in total. The predicted octanol–water partition coefficient (Wildman–Crippen LogP) is 3.11. The summed E-state index contributed by atoms with van der Waals surface area (Å²) in [7, 11) is 2.00. The standard InChI is InChI=1S/C20H28N4O3/c1-4-6-13-23(3)14-12-18(25)22-19-17(20(26)27-5-2)15-21-24(19)16-10-8-7-9-11-16/h7-11,15H,4-6,12-14H2,1-3H3,(H,22,25). The summed E-state index contributed by atoms with van der Waals surface area (Å²) in [6.45, 7) is 5.75. The number of nitrogens with zero attached hydrogens (tertiary/aromatic N) is 3. The lowest BCUT2D eigenvalue weighted by molar-refractivity contribution is -0.116. The molecule has 0 bridgehead atoms. The Morgan fingerprint density at radius 2 is 1.93 bits per heavy atom. The minimum Gasteiger partial charge on any atom is -0.462 e. The van der Waals surface area contributed by atoms with Crippen LogP contribution >= 0.6 is 0 Å². The van der Waals surface area contributed by atoms with E-state index in [4.69, 9.17) is 4.74 Å². The highest BCUT2D eigenvalue weighted by Gasteiger charge is 2.21. The largest absolute Gasteiger partial charge is 0.462 e. The van der Waals surface area contributed by atoms with Gasteiger partial charge in [-0.1, -0.05) is 31.5 Å². The number of carbonyl (C=O) groups is 2. The quantitative estimate of drug-likeness (QED) is 0.649. The normalized spacial score (nSPS) is 10.8. The molecule has 0 radical (unpaired) electrons. The van der Waals surface area contributed by atoms with Crippen molar-refractivity contribution in [1.29, 1.82) is 0 Å². The van der Waals surface area contributed by atoms with Crippen molar-refractivity contribution in [1.82, 2.24) is 14.7 Å². The molecule has 1 aromatic carbocycles. The summed E-state index contributed by atoms with van der Waals surface area (Å²) in [6, 6.07) is 9.35. The third kappa shape index (κ3) is 5.92. The van der Waals surface area contributed by atoms with E-state index in [1.54, 1.807) is 11.6 Å². The first kappa shape index (κ1) is 20.6. The third-order valence-corrected chi connectivity index (χ3v) is 4.14. The molecular weight excluding hydrogens is 344 g/mol. The van der Waals surface area contributed by atoms with Crippen LogP contribution in [0.5, 0.6) is 0 Å². The number of ether oxygens (including phenoxy) is 1. The Morgan fingerprint density at radius 3 is 2.59 bits per heavy atom. The van der Waals surface area contributed by atoms with Gasteiger partial charge in [0.1, 0.15) is 5.56 Å². The lowest BCUT2D eigenvalue weighted by atomic mass is 10.2. The Balaban J connectivity index is 2.16. The lowest BCUT2D eigenvalue weighted by Crippen LogP contribution is -2.26. The second kappa shape index (κ2) is 10.5. The van der Waals surface area contributed by atoms with E-state index in [0.29, 0.717) is 18.8 Å². The van der Waals surface area contributed by atoms with Gasteiger partial charge in [-0.05, 0) is 39.1 Å². The van der Waals surface area contributed by atoms with E-state index in [1.807, 2.05) is 37.4 Å². The van der Waals surface area contributed by atoms with Gasteiger partial charge in [-0.25, -0.2) is 9.48 Å². The highest BCUT2D eigenvalue weighted by molar-refractivity contribution is 6.00. The van der Waals surface area contributed by atoms with Gasteiger partial charge < -0.3 is 15.0 Å². The zero-order chi connectivity index (χ0) is 19.6. The smallest absolute Gasteiger partial charge is 0.343 e. The highest BCUT2D eigenvalue weighted by atomic mass is 16.5. The van der Waals surface area contributed by atoms with Gasteiger partial charge >= 0.3 is 5.97 Å². The first-order valence-corrected chi connectivity index (χ1v) is 9.35. The van der Waals surface area contributed by atoms with Crippen molar-refractivity contribution in [3.63, 3.8) is 0 Å². The molecular formula is C20H28N4O3. The van der Waals surface area contributed by atoms with Crippen LogP contribution in [-0.2, 0) is 9.53 Å². The number of hydrogen-bond acceptors (Lipinski definition) is 5. The van der Waals surface area contributed by atoms with E-state index in [1.165, 1.54) is 6.20 Å². The molecule has 0 aliphatic rings. The first-order chi connectivity index (χ1) is 13.1. The van der Waals surface area contributed by atoms with Crippen LogP contribution in [0, 0.1) is 0 Å². The molecule has 2 rings (SSSR count). The van der Waals surface area contributed by atoms with Crippen molar-refractivity contribution in [3.8, 4) is 5.69 Å². The van der Waals surface area contributed by atoms with E-state index >= 15 is 0 Å². The molecule has 0 saturated heterocycles. The van der Waals surface area contributed by atoms with Gasteiger partial charge in [0.25, 0.3) is 0 Å². The number of amides is 1. The monoisotopic (exact) mass is 372 g/mol. The number of unbranched alkanes of at least 4 members (excludes halogenated alkanes) is 1. The summed E-state index contributed by atoms with van der Waals surface area (Å²) in [4.78, 5) is 26.8. The fourth-order valence-electron chi connectivity index (χ4n) is 2.62. The summed E-state index contributed by atoms with van der Waals surface area (Å²) in [5, 5.41) is 7.11. The molecule has 2 aromatic rings. The summed E-state index contributed by atoms with van der Waals surface area (Å²) < 4.78 is 6.64. The van der Waals surface area contributed by atoms with E-state index in [-0.39, 0.29) is 18.1 Å². The molecule has 0 fully saturated rings. The van der Waals surface area contributed by atoms with Crippen LogP contribution < -0.4 is 5.32 Å². The van der Waals surface area contributed by atoms with Gasteiger partial charge in [-0.3, -0.25) is 4.79 Å². The van der Waals surface area contributed by atoms with Crippen LogP contribution in [0.25, 0.3) is 5.69 Å². The van der Waals surface area contributed by atoms with Gasteiger partial charge in [-0.15, -0.1) is 0 Å². The van der Waals surface area contributed by atoms with Crippen molar-refractivity contribution >= 4 is 17.7 Å². The molecule has 1 amide bonds. The summed E-state index contributed by atoms with van der Waals surface area (Å²) >= 11 is 0. The highest BCUT2D eigenvalue weighted by Crippen LogP contribution is 2.21. The average molecular weight is 372 g/mol. The fourth-order valence-corrected chi connectivity index (χ4v) is 2.62. The number of carbonyl (C=O) groups excluding carboxylic acids is 2. The van der Waals surface area contributed by atoms with Gasteiger partial charge in [0, 0.05) is 13.0 Å². The van der Waals surface area contributed by atoms with Crippen LogP contribution in [0.4, 0.5) is 5.82 Å². The Bertz CT molecular complexity index is 743. The zero-order valence-corrected chi connectivity index (χ0v) is 16.3. The van der Waals surface area contributed by atoms with Crippen molar-refractivity contribution in [2.75, 3.05) is 32.1 Å². The number of hydrogen-bond donors (Lipinski definition) is 1. The van der Waals surface area contributed by atoms with Crippen LogP contribution in [0.3, 0.4) is 0 Å². The third-order valence-electron chi connectivity index (χ3n) is 4.14. The zero-order valence-electron chi connectivity index (χ0n) is 16.3. The molecule has 0 unspecified atom stereocenters. The first-order valence-electron chi connectivity index (χ1n) is 9.35. The molecule has 0 saturated carbocycles. The van der Waals surface area contributed by atoms with Crippen molar-refractivity contribution < 1.29 is 14.3 Å². The maximum absolute atomic E-state index is 12.5. The Labute approximate surface area is 160 Å². The van der Waals surface area contributed by atoms with E-state index < -0.39 is 5.97 Å². The number of benzene rings is 1. The van der Waals surface area contributed by atoms with Crippen molar-refractivity contribution in [3.05, 3.63) is 42.1 Å². The number of para-hydroxylation sites is 1. The van der Waals surface area contributed by atoms with Gasteiger partial charge in [0.15, 0.2) is 5.82 Å². The number of rotatable bonds is 10. The molecule has 27 heavy (non-hydrogen) atoms. The predicted molar refractivity (Wildman–Crippen MR) is 105 cm³/mol. The summed E-state index contributed by atoms with van der Waals surface area (Å²) in [5.74, 6) is -0.336. The maximum Gasteiger partial charge on any atom is 0.343 e. The van der Waals surface area contributed by atoms with E-state index in [0.717, 1.165) is 25.1 Å². The maximum atomic E-state index is 12.5. The molecule has 0 atom stereocenters. The Kier molecular flexibility index (Phi) is 8.00.